The Hall–Kier alpha value is -8.48. The Morgan fingerprint density at radius 1 is 0.395 bits per heavy atom. The van der Waals surface area contributed by atoms with Gasteiger partial charge in [0.25, 0.3) is 0 Å². The van der Waals surface area contributed by atoms with Crippen LogP contribution in [0.1, 0.15) is 50.1 Å². The van der Waals surface area contributed by atoms with E-state index >= 15 is 0 Å². The Labute approximate surface area is 810 Å². The van der Waals surface area contributed by atoms with Gasteiger partial charge in [0.15, 0.2) is 0 Å². The van der Waals surface area contributed by atoms with E-state index in [1.165, 1.54) is 81.8 Å². The van der Waals surface area contributed by atoms with E-state index in [9.17, 15) is 0 Å². The zero-order valence-corrected chi connectivity index (χ0v) is 79.7. The van der Waals surface area contributed by atoms with Crippen LogP contribution in [0, 0.1) is 43.3 Å². The maximum absolute atomic E-state index is 4.93. The van der Waals surface area contributed by atoms with Crippen molar-refractivity contribution in [2.45, 2.75) is 46.5 Å². The summed E-state index contributed by atoms with van der Waals surface area (Å²) in [7, 11) is 1.92. The minimum Gasteiger partial charge on any atom is -1.00 e. The molecule has 0 unspecified atom stereocenters. The second kappa shape index (κ2) is 42.4. The van der Waals surface area contributed by atoms with Gasteiger partial charge < -0.3 is 71.0 Å². The Balaban J connectivity index is 0.000000162. The van der Waals surface area contributed by atoms with Gasteiger partial charge in [-0.25, -0.2) is 0 Å². The number of pyridine rings is 4. The number of aromatic nitrogens is 13. The number of fused-ring (bicyclic) bond motifs is 30. The van der Waals surface area contributed by atoms with E-state index in [1.807, 2.05) is 140 Å². The van der Waals surface area contributed by atoms with Crippen LogP contribution in [0.5, 0.6) is 0 Å². The summed E-state index contributed by atoms with van der Waals surface area (Å²) in [5, 5.41) is 22.6. The molecule has 0 atom stereocenters. The molecule has 572 valence electrons. The Kier molecular flexibility index (Phi) is 33.6. The quantitative estimate of drug-likeness (QED) is 0.0730. The predicted molar refractivity (Wildman–Crippen MR) is 466 cm³/mol. The van der Waals surface area contributed by atoms with Crippen molar-refractivity contribution in [3.63, 3.8) is 0 Å². The molecule has 13 nitrogen and oxygen atoms in total. The number of rotatable bonds is 5. The SMILES string of the molecule is CC(C)c1ccc2nc3c4[c-]cccc4c4ccccc4n3c2c1.CCCc1nc(-c2[c-]cccc2)n(C)n1.Cc1cc[c-]c(-n2cccn2)c1.[Br-].[Cl-].[I-].[Ir].[Ir].[Li+].[Mg+2].[Mg+2].[Mg+2].[c-]1cccc2c1c1nc3ccccc3n1c1ccccc21.[c-]1cccc2c1c1nc3ccccc3n1c1ccccc21.[c-]1cccc2c1c1nccn1c1ccccc21. The first kappa shape index (κ1) is 94.4. The molecular weight excluding hydrogens is 2050 g/mol. The number of benzene rings is 13. The topological polar surface area (TPSA) is 118 Å². The first-order valence-corrected chi connectivity index (χ1v) is 37.0. The molecule has 23 rings (SSSR count). The molecule has 0 bridgehead atoms. The Morgan fingerprint density at radius 3 is 1.27 bits per heavy atom. The Morgan fingerprint density at radius 2 is 0.815 bits per heavy atom. The third-order valence-corrected chi connectivity index (χ3v) is 20.1. The van der Waals surface area contributed by atoms with Crippen molar-refractivity contribution in [1.29, 1.82) is 0 Å². The van der Waals surface area contributed by atoms with E-state index < -0.39 is 0 Å². The monoisotopic (exact) mass is 2120 g/mol. The number of halogens is 3. The van der Waals surface area contributed by atoms with Crippen LogP contribution in [0.4, 0.5) is 0 Å². The molecule has 0 saturated heterocycles. The van der Waals surface area contributed by atoms with Gasteiger partial charge >= 0.3 is 88.0 Å². The summed E-state index contributed by atoms with van der Waals surface area (Å²) >= 11 is 0. The summed E-state index contributed by atoms with van der Waals surface area (Å²) in [4.78, 5) is 23.5. The van der Waals surface area contributed by atoms with E-state index in [4.69, 9.17) is 15.0 Å². The molecule has 13 aromatic carbocycles. The van der Waals surface area contributed by atoms with Crippen molar-refractivity contribution in [1.82, 2.24) is 62.1 Å². The van der Waals surface area contributed by atoms with Gasteiger partial charge in [0.1, 0.15) is 5.82 Å². The summed E-state index contributed by atoms with van der Waals surface area (Å²) in [6, 6.07) is 117. The molecule has 2 radical (unpaired) electrons. The van der Waals surface area contributed by atoms with E-state index in [2.05, 4.69) is 278 Å². The maximum atomic E-state index is 4.93. The minimum absolute atomic E-state index is 0. The van der Waals surface area contributed by atoms with Gasteiger partial charge in [0.05, 0.1) is 61.5 Å². The molecule has 22 heteroatoms. The number of imidazole rings is 4. The first-order valence-electron chi connectivity index (χ1n) is 37.0. The van der Waals surface area contributed by atoms with E-state index in [0.29, 0.717) is 5.92 Å². The van der Waals surface area contributed by atoms with Crippen molar-refractivity contribution >= 4 is 212 Å². The standard InChI is InChI=1S/C22H17N2.2C19H11N2.C15H9N2.C12H14N3.C10H9N2.BrH.ClH.HI.2Ir.Li.3Mg/c1-14(2)15-11-12-19-21(13-15)24-20-10-6-5-8-17(20)16-7-3-4-9-18(16)22(24)23-19;2*1-2-9-15-13(7-1)14-8-3-5-11-17(14)21-18-12-6-4-10-16(18)20-19(15)21;1-2-7-13-11(5-1)12-6-3-4-8-14(12)17-10-9-16-15(13)17;1-3-7-11-13-12(15(2)14-11)10-8-5-4-6-9-10;1-9-4-2-5-10(8-9)12-7-3-6-11-12;;;;;;;;;/h3-8,10-14H,1-2H3;2*1-8,10-12H;1-6,8-10H;4-6,8H,3,7H2,1-2H3;2-4,6-8H,1H3;3*1H;;;;;;/q6*-1;;;;;;+1;3*+2/p-3. The molecule has 0 saturated carbocycles. The van der Waals surface area contributed by atoms with E-state index in [1.54, 1.807) is 10.9 Å². The summed E-state index contributed by atoms with van der Waals surface area (Å²) in [6.45, 7) is 8.64. The van der Waals surface area contributed by atoms with Gasteiger partial charge in [0, 0.05) is 101 Å². The fourth-order valence-electron chi connectivity index (χ4n) is 15.0. The normalized spacial score (nSPS) is 10.6. The molecule has 0 aliphatic heterocycles. The van der Waals surface area contributed by atoms with Crippen molar-refractivity contribution in [3.05, 3.63) is 363 Å². The molecule has 0 fully saturated rings. The van der Waals surface area contributed by atoms with Crippen molar-refractivity contribution in [2.24, 2.45) is 7.05 Å². The van der Waals surface area contributed by atoms with Crippen molar-refractivity contribution in [3.8, 4) is 17.1 Å². The third-order valence-electron chi connectivity index (χ3n) is 20.1. The molecule has 119 heavy (non-hydrogen) atoms. The minimum atomic E-state index is 0. The number of aryl methyl sites for hydroxylation is 3. The summed E-state index contributed by atoms with van der Waals surface area (Å²) in [5.74, 6) is 2.30. The Bertz CT molecular complexity index is 7140. The van der Waals surface area contributed by atoms with Crippen LogP contribution in [0.25, 0.3) is 159 Å². The van der Waals surface area contributed by atoms with Crippen LogP contribution < -0.4 is 72.2 Å². The van der Waals surface area contributed by atoms with Crippen molar-refractivity contribution < 1.29 is 112 Å². The molecular formula is C97H71BrClIIr2LiMg3N13-2. The van der Waals surface area contributed by atoms with Crippen LogP contribution in [0.15, 0.2) is 310 Å². The van der Waals surface area contributed by atoms with Crippen molar-refractivity contribution in [2.75, 3.05) is 0 Å². The maximum Gasteiger partial charge on any atom is 2.00 e. The van der Waals surface area contributed by atoms with Crippen LogP contribution >= 0.6 is 0 Å². The summed E-state index contributed by atoms with van der Waals surface area (Å²) in [6.07, 6.45) is 9.50. The second-order valence-corrected chi connectivity index (χ2v) is 27.4. The fourth-order valence-corrected chi connectivity index (χ4v) is 15.0. The van der Waals surface area contributed by atoms with Crippen LogP contribution in [0.3, 0.4) is 0 Å². The van der Waals surface area contributed by atoms with Gasteiger partial charge in [-0.1, -0.05) is 152 Å². The molecule has 0 N–H and O–H groups in total. The van der Waals surface area contributed by atoms with Gasteiger partial charge in [-0.2, -0.15) is 34.0 Å². The number of nitrogens with zero attached hydrogens (tertiary/aromatic N) is 13. The van der Waals surface area contributed by atoms with E-state index in [-0.39, 0.29) is 182 Å². The average Bonchev–Trinajstić information content (AvgIpc) is 1.62. The first-order chi connectivity index (χ1) is 54.2. The predicted octanol–water partition coefficient (Wildman–Crippen LogP) is 9.43. The molecule has 0 aliphatic rings. The largest absolute Gasteiger partial charge is 2.00 e. The molecule has 23 aromatic rings. The van der Waals surface area contributed by atoms with Crippen LogP contribution in [-0.2, 0) is 53.7 Å². The summed E-state index contributed by atoms with van der Waals surface area (Å²) in [5.41, 5.74) is 19.7. The van der Waals surface area contributed by atoms with E-state index in [0.717, 1.165) is 107 Å². The number of hydrogen-bond donors (Lipinski definition) is 0. The fraction of sp³-hybridized carbons (Fsp3) is 0.0825. The molecule has 10 aromatic heterocycles. The number of hydrogen-bond acceptors (Lipinski definition) is 7. The van der Waals surface area contributed by atoms with Gasteiger partial charge in [-0.05, 0) is 112 Å². The average molecular weight is 2130 g/mol. The van der Waals surface area contributed by atoms with Gasteiger partial charge in [0.2, 0.25) is 0 Å². The zero-order valence-electron chi connectivity index (χ0n) is 66.2. The van der Waals surface area contributed by atoms with Gasteiger partial charge in [-0.15, -0.1) is 161 Å². The second-order valence-electron chi connectivity index (χ2n) is 27.4. The third kappa shape index (κ3) is 18.7. The molecule has 0 aliphatic carbocycles. The molecule has 0 spiro atoms. The number of para-hydroxylation sites is 8. The zero-order chi connectivity index (χ0) is 74.2. The van der Waals surface area contributed by atoms with Crippen LogP contribution in [-0.4, -0.2) is 131 Å². The smallest absolute Gasteiger partial charge is 1.00 e. The summed E-state index contributed by atoms with van der Waals surface area (Å²) < 4.78 is 12.5. The molecule has 10 heterocycles. The van der Waals surface area contributed by atoms with Crippen LogP contribution in [0.2, 0.25) is 0 Å². The van der Waals surface area contributed by atoms with Gasteiger partial charge in [-0.3, -0.25) is 34.3 Å². The molecule has 0 amide bonds.